The number of carbonyl (C=O) groups excluding carboxylic acids is 1. The molecule has 106 valence electrons. The van der Waals surface area contributed by atoms with Crippen LogP contribution in [0.15, 0.2) is 17.5 Å². The molecule has 2 atom stereocenters. The third kappa shape index (κ3) is 4.60. The summed E-state index contributed by atoms with van der Waals surface area (Å²) in [5, 5.41) is 8.43. The zero-order valence-electron chi connectivity index (χ0n) is 11.4. The molecule has 1 aromatic rings. The second-order valence-corrected chi connectivity index (χ2v) is 5.80. The first-order chi connectivity index (χ1) is 9.29. The van der Waals surface area contributed by atoms with Crippen LogP contribution in [0.4, 0.5) is 0 Å². The van der Waals surface area contributed by atoms with E-state index in [9.17, 15) is 4.79 Å². The highest BCUT2D eigenvalue weighted by Gasteiger charge is 2.20. The highest BCUT2D eigenvalue weighted by Crippen LogP contribution is 2.23. The molecule has 1 aliphatic heterocycles. The van der Waals surface area contributed by atoms with Crippen LogP contribution in [-0.4, -0.2) is 31.7 Å². The van der Waals surface area contributed by atoms with Gasteiger partial charge < -0.3 is 15.4 Å². The summed E-state index contributed by atoms with van der Waals surface area (Å²) in [6.07, 6.45) is 2.50. The quantitative estimate of drug-likeness (QED) is 0.840. The molecule has 1 aliphatic rings. The minimum absolute atomic E-state index is 0.0133. The van der Waals surface area contributed by atoms with E-state index in [0.717, 1.165) is 25.9 Å². The summed E-state index contributed by atoms with van der Waals surface area (Å²) in [5.74, 6) is 0.0838. The van der Waals surface area contributed by atoms with Crippen LogP contribution in [0.25, 0.3) is 0 Å². The van der Waals surface area contributed by atoms with Crippen LogP contribution in [0.3, 0.4) is 0 Å². The molecule has 1 saturated heterocycles. The van der Waals surface area contributed by atoms with Crippen molar-refractivity contribution < 1.29 is 9.53 Å². The molecule has 1 amide bonds. The molecule has 2 N–H and O–H groups in total. The number of thiophene rings is 1. The predicted octanol–water partition coefficient (Wildman–Crippen LogP) is 2.08. The van der Waals surface area contributed by atoms with Crippen molar-refractivity contribution >= 4 is 17.2 Å². The van der Waals surface area contributed by atoms with E-state index in [-0.39, 0.29) is 18.1 Å². The Morgan fingerprint density at radius 2 is 2.58 bits per heavy atom. The fourth-order valence-corrected chi connectivity index (χ4v) is 3.09. The van der Waals surface area contributed by atoms with E-state index in [1.807, 2.05) is 6.07 Å². The predicted molar refractivity (Wildman–Crippen MR) is 77.3 cm³/mol. The molecule has 0 aromatic carbocycles. The summed E-state index contributed by atoms with van der Waals surface area (Å²) in [6.45, 7) is 4.48. The lowest BCUT2D eigenvalue weighted by molar-refractivity contribution is -0.125. The highest BCUT2D eigenvalue weighted by atomic mass is 32.1. The van der Waals surface area contributed by atoms with Gasteiger partial charge in [-0.3, -0.25) is 4.79 Å². The summed E-state index contributed by atoms with van der Waals surface area (Å²) >= 11 is 1.70. The van der Waals surface area contributed by atoms with Gasteiger partial charge in [-0.05, 0) is 17.9 Å². The van der Waals surface area contributed by atoms with E-state index in [2.05, 4.69) is 29.0 Å². The molecule has 0 radical (unpaired) electrons. The number of rotatable bonds is 6. The standard InChI is InChI=1S/C14H22N2O2S/c1-2-4-12(13-5-3-8-19-13)16-14(17)9-11-10-15-6-7-18-11/h3,5,8,11-12,15H,2,4,6-7,9-10H2,1H3,(H,16,17). The second-order valence-electron chi connectivity index (χ2n) is 4.83. The molecule has 2 rings (SSSR count). The topological polar surface area (TPSA) is 50.4 Å². The fourth-order valence-electron chi connectivity index (χ4n) is 2.27. The molecule has 4 nitrogen and oxygen atoms in total. The average Bonchev–Trinajstić information content (AvgIpc) is 2.93. The molecule has 0 saturated carbocycles. The SMILES string of the molecule is CCCC(NC(=O)CC1CNCCO1)c1cccs1. The van der Waals surface area contributed by atoms with Gasteiger partial charge in [0.1, 0.15) is 0 Å². The van der Waals surface area contributed by atoms with Crippen LogP contribution in [0.5, 0.6) is 0 Å². The monoisotopic (exact) mass is 282 g/mol. The van der Waals surface area contributed by atoms with Crippen LogP contribution in [0, 0.1) is 0 Å². The van der Waals surface area contributed by atoms with Crippen LogP contribution in [-0.2, 0) is 9.53 Å². The van der Waals surface area contributed by atoms with Gasteiger partial charge in [-0.25, -0.2) is 0 Å². The Kier molecular flexibility index (Phi) is 5.82. The maximum atomic E-state index is 12.1. The summed E-state index contributed by atoms with van der Waals surface area (Å²) in [7, 11) is 0. The van der Waals surface area contributed by atoms with Crippen LogP contribution >= 0.6 is 11.3 Å². The first-order valence-electron chi connectivity index (χ1n) is 6.94. The lowest BCUT2D eigenvalue weighted by atomic mass is 10.1. The Hall–Kier alpha value is -0.910. The Labute approximate surface area is 118 Å². The van der Waals surface area contributed by atoms with Crippen molar-refractivity contribution in [3.05, 3.63) is 22.4 Å². The molecule has 19 heavy (non-hydrogen) atoms. The molecule has 0 spiro atoms. The number of hydrogen-bond donors (Lipinski definition) is 2. The van der Waals surface area contributed by atoms with E-state index in [4.69, 9.17) is 4.74 Å². The lowest BCUT2D eigenvalue weighted by Gasteiger charge is -2.24. The normalized spacial score (nSPS) is 21.0. The molecule has 0 aliphatic carbocycles. The van der Waals surface area contributed by atoms with Gasteiger partial charge in [0.25, 0.3) is 0 Å². The number of carbonyl (C=O) groups is 1. The number of morpholine rings is 1. The number of ether oxygens (including phenoxy) is 1. The molecule has 0 bridgehead atoms. The Morgan fingerprint density at radius 1 is 1.68 bits per heavy atom. The van der Waals surface area contributed by atoms with Crippen LogP contribution in [0.1, 0.15) is 37.1 Å². The largest absolute Gasteiger partial charge is 0.375 e. The molecule has 1 fully saturated rings. The molecular weight excluding hydrogens is 260 g/mol. The first kappa shape index (κ1) is 14.5. The van der Waals surface area contributed by atoms with Gasteiger partial charge in [-0.1, -0.05) is 19.4 Å². The van der Waals surface area contributed by atoms with Gasteiger partial charge in [0.2, 0.25) is 5.91 Å². The van der Waals surface area contributed by atoms with E-state index >= 15 is 0 Å². The number of nitrogens with one attached hydrogen (secondary N) is 2. The lowest BCUT2D eigenvalue weighted by Crippen LogP contribution is -2.41. The summed E-state index contributed by atoms with van der Waals surface area (Å²) in [5.41, 5.74) is 0. The van der Waals surface area contributed by atoms with Gasteiger partial charge in [0, 0.05) is 18.0 Å². The van der Waals surface area contributed by atoms with Crippen molar-refractivity contribution in [2.45, 2.75) is 38.3 Å². The summed E-state index contributed by atoms with van der Waals surface area (Å²) in [4.78, 5) is 13.3. The maximum absolute atomic E-state index is 12.1. The molecule has 1 aromatic heterocycles. The van der Waals surface area contributed by atoms with Crippen molar-refractivity contribution in [2.75, 3.05) is 19.7 Å². The van der Waals surface area contributed by atoms with Crippen molar-refractivity contribution in [1.29, 1.82) is 0 Å². The third-order valence-corrected chi connectivity index (χ3v) is 4.20. The summed E-state index contributed by atoms with van der Waals surface area (Å²) < 4.78 is 5.56. The Balaban J connectivity index is 1.84. The zero-order chi connectivity index (χ0) is 13.5. The minimum atomic E-state index is 0.0133. The third-order valence-electron chi connectivity index (χ3n) is 3.22. The highest BCUT2D eigenvalue weighted by molar-refractivity contribution is 7.10. The van der Waals surface area contributed by atoms with Gasteiger partial charge in [-0.15, -0.1) is 11.3 Å². The average molecular weight is 282 g/mol. The molecular formula is C14H22N2O2S. The smallest absolute Gasteiger partial charge is 0.223 e. The fraction of sp³-hybridized carbons (Fsp3) is 0.643. The van der Waals surface area contributed by atoms with Crippen molar-refractivity contribution in [3.63, 3.8) is 0 Å². The van der Waals surface area contributed by atoms with Gasteiger partial charge in [-0.2, -0.15) is 0 Å². The van der Waals surface area contributed by atoms with Gasteiger partial charge >= 0.3 is 0 Å². The van der Waals surface area contributed by atoms with E-state index in [1.54, 1.807) is 11.3 Å². The number of hydrogen-bond acceptors (Lipinski definition) is 4. The molecule has 5 heteroatoms. The van der Waals surface area contributed by atoms with Crippen LogP contribution < -0.4 is 10.6 Å². The van der Waals surface area contributed by atoms with Crippen molar-refractivity contribution in [1.82, 2.24) is 10.6 Å². The zero-order valence-corrected chi connectivity index (χ0v) is 12.2. The maximum Gasteiger partial charge on any atom is 0.223 e. The number of amides is 1. The van der Waals surface area contributed by atoms with Crippen molar-refractivity contribution in [2.24, 2.45) is 0 Å². The minimum Gasteiger partial charge on any atom is -0.375 e. The van der Waals surface area contributed by atoms with Gasteiger partial charge in [0.05, 0.1) is 25.2 Å². The second kappa shape index (κ2) is 7.62. The van der Waals surface area contributed by atoms with E-state index < -0.39 is 0 Å². The summed E-state index contributed by atoms with van der Waals surface area (Å²) in [6, 6.07) is 4.27. The van der Waals surface area contributed by atoms with E-state index in [1.165, 1.54) is 4.88 Å². The Bertz CT molecular complexity index is 375. The van der Waals surface area contributed by atoms with Crippen LogP contribution in [0.2, 0.25) is 0 Å². The van der Waals surface area contributed by atoms with E-state index in [0.29, 0.717) is 13.0 Å². The first-order valence-corrected chi connectivity index (χ1v) is 7.82. The van der Waals surface area contributed by atoms with Crippen molar-refractivity contribution in [3.8, 4) is 0 Å². The van der Waals surface area contributed by atoms with Gasteiger partial charge in [0.15, 0.2) is 0 Å². The molecule has 2 heterocycles. The Morgan fingerprint density at radius 3 is 3.21 bits per heavy atom. The molecule has 2 unspecified atom stereocenters.